The van der Waals surface area contributed by atoms with Gasteiger partial charge >= 0.3 is 6.18 Å². The second-order valence-electron chi connectivity index (χ2n) is 13.1. The second-order valence-corrected chi connectivity index (χ2v) is 13.1. The van der Waals surface area contributed by atoms with Gasteiger partial charge in [0.2, 0.25) is 11.8 Å². The number of alkyl halides is 5. The van der Waals surface area contributed by atoms with Gasteiger partial charge in [-0.15, -0.1) is 0 Å². The molecule has 4 aromatic rings. The predicted molar refractivity (Wildman–Crippen MR) is 152 cm³/mol. The molecule has 2 saturated carbocycles. The van der Waals surface area contributed by atoms with E-state index in [9.17, 15) is 31.5 Å². The van der Waals surface area contributed by atoms with Crippen LogP contribution in [0.3, 0.4) is 0 Å². The average molecular weight is 662 g/mol. The zero-order valence-electron chi connectivity index (χ0n) is 25.3. The van der Waals surface area contributed by atoms with E-state index in [4.69, 9.17) is 4.63 Å². The van der Waals surface area contributed by atoms with Crippen molar-refractivity contribution in [2.75, 3.05) is 0 Å². The van der Waals surface area contributed by atoms with Crippen LogP contribution in [0.15, 0.2) is 35.4 Å². The molecule has 2 N–H and O–H groups in total. The highest BCUT2D eigenvalue weighted by Crippen LogP contribution is 2.44. The van der Waals surface area contributed by atoms with Gasteiger partial charge in [0.15, 0.2) is 11.3 Å². The van der Waals surface area contributed by atoms with Gasteiger partial charge in [0.1, 0.15) is 11.7 Å². The maximum Gasteiger partial charge on any atom is 0.408 e. The van der Waals surface area contributed by atoms with Crippen LogP contribution in [-0.2, 0) is 24.7 Å². The molecule has 0 aromatic carbocycles. The molecule has 2 amide bonds. The minimum Gasteiger partial charge on any atom is -0.344 e. The molecule has 5 heterocycles. The number of carbonyl (C=O) groups excluding carboxylic acids is 2. The number of fused-ring (bicyclic) bond motifs is 1. The van der Waals surface area contributed by atoms with Gasteiger partial charge in [0.25, 0.3) is 5.91 Å². The highest BCUT2D eigenvalue weighted by atomic mass is 19.4. The van der Waals surface area contributed by atoms with E-state index in [1.807, 2.05) is 0 Å². The van der Waals surface area contributed by atoms with E-state index >= 15 is 0 Å². The lowest BCUT2D eigenvalue weighted by Gasteiger charge is -2.33. The van der Waals surface area contributed by atoms with Gasteiger partial charge in [0, 0.05) is 38.4 Å². The predicted octanol–water partition coefficient (Wildman–Crippen LogP) is 4.24. The number of aryl methyl sites for hydroxylation is 1. The lowest BCUT2D eigenvalue weighted by Crippen LogP contribution is -2.39. The number of aromatic nitrogens is 7. The average Bonchev–Trinajstić information content (AvgIpc) is 3.31. The Morgan fingerprint density at radius 3 is 2.60 bits per heavy atom. The Hall–Kier alpha value is -4.44. The molecule has 3 aliphatic rings. The Kier molecular flexibility index (Phi) is 7.54. The molecule has 17 heteroatoms. The fraction of sp³-hybridized carbons (Fsp3) is 0.567. The molecular weight excluding hydrogens is 629 g/mol. The fourth-order valence-corrected chi connectivity index (χ4v) is 6.90. The molecule has 0 bridgehead atoms. The number of nitrogens with one attached hydrogen (secondary N) is 2. The Labute approximate surface area is 264 Å². The highest BCUT2D eigenvalue weighted by molar-refractivity contribution is 5.93. The number of carbonyl (C=O) groups is 2. The summed E-state index contributed by atoms with van der Waals surface area (Å²) >= 11 is 0. The quantitative estimate of drug-likeness (QED) is 0.254. The van der Waals surface area contributed by atoms with E-state index in [1.165, 1.54) is 15.4 Å². The number of imidazole rings is 1. The first-order chi connectivity index (χ1) is 22.3. The monoisotopic (exact) mass is 661 g/mol. The summed E-state index contributed by atoms with van der Waals surface area (Å²) < 4.78 is 77.2. The maximum absolute atomic E-state index is 14.1. The Bertz CT molecular complexity index is 1800. The van der Waals surface area contributed by atoms with E-state index in [2.05, 4.69) is 36.1 Å². The van der Waals surface area contributed by atoms with Gasteiger partial charge in [-0.05, 0) is 67.3 Å². The Morgan fingerprint density at radius 1 is 1.17 bits per heavy atom. The summed E-state index contributed by atoms with van der Waals surface area (Å²) in [6.07, 6.45) is 0.867. The van der Waals surface area contributed by atoms with Crippen LogP contribution in [-0.4, -0.2) is 64.6 Å². The number of rotatable bonds is 9. The van der Waals surface area contributed by atoms with Crippen LogP contribution >= 0.6 is 0 Å². The minimum absolute atomic E-state index is 0.0166. The third-order valence-corrected chi connectivity index (χ3v) is 9.53. The van der Waals surface area contributed by atoms with E-state index in [0.29, 0.717) is 28.3 Å². The fourth-order valence-electron chi connectivity index (χ4n) is 6.90. The molecule has 3 fully saturated rings. The van der Waals surface area contributed by atoms with Crippen molar-refractivity contribution in [2.45, 2.75) is 87.9 Å². The third-order valence-electron chi connectivity index (χ3n) is 9.53. The molecule has 12 nitrogen and oxygen atoms in total. The molecule has 250 valence electrons. The van der Waals surface area contributed by atoms with Gasteiger partial charge in [-0.2, -0.15) is 23.4 Å². The Balaban J connectivity index is 1.18. The number of halogens is 5. The first kappa shape index (κ1) is 31.2. The zero-order valence-corrected chi connectivity index (χ0v) is 25.3. The summed E-state index contributed by atoms with van der Waals surface area (Å²) in [7, 11) is 1.68. The van der Waals surface area contributed by atoms with Crippen molar-refractivity contribution >= 4 is 17.5 Å². The van der Waals surface area contributed by atoms with Gasteiger partial charge in [-0.3, -0.25) is 14.3 Å². The largest absolute Gasteiger partial charge is 0.408 e. The molecule has 1 aliphatic heterocycles. The van der Waals surface area contributed by atoms with E-state index in [0.717, 1.165) is 12.8 Å². The third kappa shape index (κ3) is 6.31. The van der Waals surface area contributed by atoms with Crippen molar-refractivity contribution in [3.63, 3.8) is 0 Å². The van der Waals surface area contributed by atoms with Crippen LogP contribution < -0.4 is 10.6 Å². The van der Waals surface area contributed by atoms with Crippen LogP contribution in [0.4, 0.5) is 22.0 Å². The van der Waals surface area contributed by atoms with Crippen LogP contribution in [0, 0.1) is 11.3 Å². The summed E-state index contributed by atoms with van der Waals surface area (Å²) in [5, 5.41) is 21.4. The zero-order chi connectivity index (χ0) is 33.1. The number of nitrogens with zero attached hydrogens (tertiary/aromatic N) is 7. The van der Waals surface area contributed by atoms with Gasteiger partial charge in [-0.1, -0.05) is 5.16 Å². The number of hydrogen-bond acceptors (Lipinski definition) is 8. The summed E-state index contributed by atoms with van der Waals surface area (Å²) in [5.74, 6) is -4.35. The molecule has 4 aromatic heterocycles. The van der Waals surface area contributed by atoms with Gasteiger partial charge in [-0.25, -0.2) is 22.9 Å². The minimum atomic E-state index is -4.62. The molecule has 3 atom stereocenters. The molecule has 0 spiro atoms. The topological polar surface area (TPSA) is 145 Å². The summed E-state index contributed by atoms with van der Waals surface area (Å²) in [6.45, 7) is 0. The van der Waals surface area contributed by atoms with Crippen LogP contribution in [0.25, 0.3) is 5.65 Å². The van der Waals surface area contributed by atoms with Crippen molar-refractivity contribution < 1.29 is 36.2 Å². The lowest BCUT2D eigenvalue weighted by atomic mass is 9.75. The van der Waals surface area contributed by atoms with E-state index < -0.39 is 47.8 Å². The first-order valence-corrected chi connectivity index (χ1v) is 15.5. The summed E-state index contributed by atoms with van der Waals surface area (Å²) in [5.41, 5.74) is 0.711. The highest BCUT2D eigenvalue weighted by Gasteiger charge is 2.55. The smallest absolute Gasteiger partial charge is 0.344 e. The molecule has 0 radical (unpaired) electrons. The standard InChI is InChI=1S/C30H32F5N9O3/c1-43-9-6-19(40-43)12-28(13-21(30(33,34)35)38-27(28)46)11-16-10-22-37-20(15-44(22)36-14-16)23(18-4-7-29(31,32)8-5-18)39-26(45)25-24(17-2-3-17)41-47-42-25/h6,9-10,14-15,17-18,21,23H,2-5,7-8,11-13H2,1H3,(H,38,46)(H,39,45)/t21-,23-,28+/m0/s1. The number of amides is 2. The van der Waals surface area contributed by atoms with Crippen molar-refractivity contribution in [2.24, 2.45) is 18.4 Å². The molecule has 1 saturated heterocycles. The molecule has 2 aliphatic carbocycles. The normalized spacial score (nSPS) is 24.0. The van der Waals surface area contributed by atoms with Crippen LogP contribution in [0.5, 0.6) is 0 Å². The molecule has 7 rings (SSSR count). The van der Waals surface area contributed by atoms with Gasteiger partial charge in [0.05, 0.1) is 35.2 Å². The molecule has 0 unspecified atom stereocenters. The first-order valence-electron chi connectivity index (χ1n) is 15.5. The Morgan fingerprint density at radius 2 is 1.94 bits per heavy atom. The van der Waals surface area contributed by atoms with Crippen LogP contribution in [0.2, 0.25) is 0 Å². The van der Waals surface area contributed by atoms with Crippen molar-refractivity contribution in [3.05, 3.63) is 59.1 Å². The number of hydrogen-bond donors (Lipinski definition) is 2. The van der Waals surface area contributed by atoms with Crippen molar-refractivity contribution in [3.8, 4) is 0 Å². The molecule has 47 heavy (non-hydrogen) atoms. The maximum atomic E-state index is 14.1. The second kappa shape index (κ2) is 11.4. The lowest BCUT2D eigenvalue weighted by molar-refractivity contribution is -0.155. The molecular formula is C30H32F5N9O3. The SMILES string of the molecule is Cn1ccc(C[C@]2(Cc3cnn4cc([C@@H](NC(=O)c5nonc5C5CC5)C5CCC(F)(F)CC5)nc4c3)C[C@@H](C(F)(F)F)NC2=O)n1. The van der Waals surface area contributed by atoms with Gasteiger partial charge < -0.3 is 10.6 Å². The van der Waals surface area contributed by atoms with E-state index in [-0.39, 0.29) is 56.1 Å². The summed E-state index contributed by atoms with van der Waals surface area (Å²) in [4.78, 5) is 31.3. The van der Waals surface area contributed by atoms with Crippen LogP contribution in [0.1, 0.15) is 90.0 Å². The van der Waals surface area contributed by atoms with Crippen molar-refractivity contribution in [1.29, 1.82) is 0 Å². The summed E-state index contributed by atoms with van der Waals surface area (Å²) in [6, 6.07) is 0.527. The van der Waals surface area contributed by atoms with E-state index in [1.54, 1.807) is 31.6 Å². The van der Waals surface area contributed by atoms with Crippen molar-refractivity contribution in [1.82, 2.24) is 45.3 Å².